The van der Waals surface area contributed by atoms with E-state index in [0.717, 1.165) is 11.3 Å². The number of benzene rings is 1. The lowest BCUT2D eigenvalue weighted by Gasteiger charge is -2.36. The Balaban J connectivity index is 1.84. The predicted octanol–water partition coefficient (Wildman–Crippen LogP) is 2.91. The maximum Gasteiger partial charge on any atom is 0.252 e. The van der Waals surface area contributed by atoms with Crippen LogP contribution in [0.15, 0.2) is 46.0 Å². The van der Waals surface area contributed by atoms with Crippen molar-refractivity contribution in [3.8, 4) is 5.75 Å². The first kappa shape index (κ1) is 16.4. The molecule has 7 heteroatoms. The zero-order valence-corrected chi connectivity index (χ0v) is 14.6. The molecule has 3 rings (SSSR count). The molecule has 2 aromatic rings. The summed E-state index contributed by atoms with van der Waals surface area (Å²) < 4.78 is 38.5. The van der Waals surface area contributed by atoms with Gasteiger partial charge in [-0.15, -0.1) is 11.3 Å². The Hall–Kier alpha value is -1.41. The SMILES string of the molecule is COc1ccc(C2CN(S(=O)(=O)c3cccs3)C(C)CO2)cc1. The van der Waals surface area contributed by atoms with Gasteiger partial charge in [0.2, 0.25) is 0 Å². The normalized spacial score (nSPS) is 22.9. The van der Waals surface area contributed by atoms with Gasteiger partial charge in [-0.2, -0.15) is 4.31 Å². The van der Waals surface area contributed by atoms with E-state index < -0.39 is 10.0 Å². The molecular weight excluding hydrogens is 334 g/mol. The molecule has 0 bridgehead atoms. The maximum absolute atomic E-state index is 12.8. The number of rotatable bonds is 4. The van der Waals surface area contributed by atoms with Crippen LogP contribution in [0.2, 0.25) is 0 Å². The summed E-state index contributed by atoms with van der Waals surface area (Å²) in [6.45, 7) is 2.56. The van der Waals surface area contributed by atoms with Gasteiger partial charge in [0.05, 0.1) is 19.8 Å². The fourth-order valence-electron chi connectivity index (χ4n) is 2.62. The summed E-state index contributed by atoms with van der Waals surface area (Å²) in [5, 5.41) is 1.78. The lowest BCUT2D eigenvalue weighted by molar-refractivity contribution is -0.0288. The number of hydrogen-bond donors (Lipinski definition) is 0. The fraction of sp³-hybridized carbons (Fsp3) is 0.375. The van der Waals surface area contributed by atoms with Crippen LogP contribution in [-0.2, 0) is 14.8 Å². The number of methoxy groups -OCH3 is 1. The summed E-state index contributed by atoms with van der Waals surface area (Å²) in [6.07, 6.45) is -0.271. The Morgan fingerprint density at radius 3 is 2.61 bits per heavy atom. The van der Waals surface area contributed by atoms with Crippen molar-refractivity contribution in [1.29, 1.82) is 0 Å². The van der Waals surface area contributed by atoms with Crippen molar-refractivity contribution in [3.05, 3.63) is 47.3 Å². The minimum absolute atomic E-state index is 0.184. The highest BCUT2D eigenvalue weighted by atomic mass is 32.2. The number of nitrogens with zero attached hydrogens (tertiary/aromatic N) is 1. The third kappa shape index (κ3) is 3.28. The van der Waals surface area contributed by atoms with Crippen LogP contribution in [0.25, 0.3) is 0 Å². The third-order valence-corrected chi connectivity index (χ3v) is 7.27. The molecule has 23 heavy (non-hydrogen) atoms. The summed E-state index contributed by atoms with van der Waals surface area (Å²) >= 11 is 1.24. The minimum Gasteiger partial charge on any atom is -0.497 e. The van der Waals surface area contributed by atoms with Crippen LogP contribution in [0.1, 0.15) is 18.6 Å². The van der Waals surface area contributed by atoms with Crippen molar-refractivity contribution in [1.82, 2.24) is 4.31 Å². The minimum atomic E-state index is -3.47. The Labute approximate surface area is 140 Å². The predicted molar refractivity (Wildman–Crippen MR) is 89.4 cm³/mol. The smallest absolute Gasteiger partial charge is 0.252 e. The van der Waals surface area contributed by atoms with E-state index in [1.165, 1.54) is 15.6 Å². The van der Waals surface area contributed by atoms with Crippen LogP contribution in [0.4, 0.5) is 0 Å². The van der Waals surface area contributed by atoms with Gasteiger partial charge in [0.25, 0.3) is 10.0 Å². The number of morpholine rings is 1. The highest BCUT2D eigenvalue weighted by Crippen LogP contribution is 2.31. The van der Waals surface area contributed by atoms with Gasteiger partial charge in [-0.25, -0.2) is 8.42 Å². The molecule has 5 nitrogen and oxygen atoms in total. The van der Waals surface area contributed by atoms with Gasteiger partial charge in [0.15, 0.2) is 0 Å². The Morgan fingerprint density at radius 2 is 2.00 bits per heavy atom. The molecule has 1 aliphatic rings. The van der Waals surface area contributed by atoms with E-state index in [4.69, 9.17) is 9.47 Å². The van der Waals surface area contributed by atoms with E-state index in [9.17, 15) is 8.42 Å². The molecule has 0 spiro atoms. The van der Waals surface area contributed by atoms with Crippen molar-refractivity contribution >= 4 is 21.4 Å². The second-order valence-electron chi connectivity index (χ2n) is 5.45. The van der Waals surface area contributed by atoms with E-state index in [1.54, 1.807) is 24.6 Å². The summed E-state index contributed by atoms with van der Waals surface area (Å²) in [4.78, 5) is 0. The Bertz CT molecular complexity index is 741. The van der Waals surface area contributed by atoms with Gasteiger partial charge >= 0.3 is 0 Å². The molecule has 1 saturated heterocycles. The molecule has 1 fully saturated rings. The van der Waals surface area contributed by atoms with Crippen molar-refractivity contribution < 1.29 is 17.9 Å². The summed E-state index contributed by atoms with van der Waals surface area (Å²) in [5.74, 6) is 0.765. The van der Waals surface area contributed by atoms with Crippen LogP contribution in [0.3, 0.4) is 0 Å². The second kappa shape index (κ2) is 6.60. The van der Waals surface area contributed by atoms with Crippen LogP contribution in [-0.4, -0.2) is 39.0 Å². The maximum atomic E-state index is 12.8. The van der Waals surface area contributed by atoms with Crippen LogP contribution >= 0.6 is 11.3 Å². The standard InChI is InChI=1S/C16H19NO4S2/c1-12-11-21-15(13-5-7-14(20-2)8-6-13)10-17(12)23(18,19)16-4-3-9-22-16/h3-9,12,15H,10-11H2,1-2H3. The molecule has 0 saturated carbocycles. The second-order valence-corrected chi connectivity index (χ2v) is 8.52. The molecule has 0 amide bonds. The van der Waals surface area contributed by atoms with E-state index in [2.05, 4.69) is 0 Å². The van der Waals surface area contributed by atoms with Crippen molar-refractivity contribution in [2.24, 2.45) is 0 Å². The number of ether oxygens (including phenoxy) is 2. The Morgan fingerprint density at radius 1 is 1.26 bits per heavy atom. The van der Waals surface area contributed by atoms with E-state index in [-0.39, 0.29) is 12.1 Å². The van der Waals surface area contributed by atoms with Crippen molar-refractivity contribution in [3.63, 3.8) is 0 Å². The molecule has 2 heterocycles. The molecule has 0 N–H and O–H groups in total. The zero-order chi connectivity index (χ0) is 16.4. The van der Waals surface area contributed by atoms with Gasteiger partial charge in [0, 0.05) is 12.6 Å². The fourth-order valence-corrected chi connectivity index (χ4v) is 5.35. The van der Waals surface area contributed by atoms with E-state index in [0.29, 0.717) is 17.4 Å². The number of thiophene rings is 1. The topological polar surface area (TPSA) is 55.8 Å². The molecular formula is C16H19NO4S2. The number of hydrogen-bond acceptors (Lipinski definition) is 5. The van der Waals surface area contributed by atoms with Crippen LogP contribution in [0.5, 0.6) is 5.75 Å². The summed E-state index contributed by atoms with van der Waals surface area (Å²) in [5.41, 5.74) is 0.948. The first-order valence-corrected chi connectivity index (χ1v) is 9.65. The van der Waals surface area contributed by atoms with Gasteiger partial charge in [-0.05, 0) is 36.1 Å². The first-order chi connectivity index (χ1) is 11.0. The van der Waals surface area contributed by atoms with Crippen LogP contribution in [0, 0.1) is 0 Å². The number of sulfonamides is 1. The molecule has 0 radical (unpaired) electrons. The van der Waals surface area contributed by atoms with Gasteiger partial charge in [-0.1, -0.05) is 18.2 Å². The average molecular weight is 353 g/mol. The summed E-state index contributed by atoms with van der Waals surface area (Å²) in [7, 11) is -1.86. The highest BCUT2D eigenvalue weighted by Gasteiger charge is 2.36. The quantitative estimate of drug-likeness (QED) is 0.848. The lowest BCUT2D eigenvalue weighted by Crippen LogP contribution is -2.47. The van der Waals surface area contributed by atoms with Gasteiger partial charge < -0.3 is 9.47 Å². The van der Waals surface area contributed by atoms with Crippen molar-refractivity contribution in [2.45, 2.75) is 23.3 Å². The molecule has 0 aliphatic carbocycles. The zero-order valence-electron chi connectivity index (χ0n) is 13.0. The monoisotopic (exact) mass is 353 g/mol. The molecule has 1 aliphatic heterocycles. The Kier molecular flexibility index (Phi) is 4.72. The highest BCUT2D eigenvalue weighted by molar-refractivity contribution is 7.91. The molecule has 2 atom stereocenters. The molecule has 2 unspecified atom stereocenters. The summed E-state index contributed by atoms with van der Waals surface area (Å²) in [6, 6.07) is 10.7. The van der Waals surface area contributed by atoms with E-state index in [1.807, 2.05) is 31.2 Å². The largest absolute Gasteiger partial charge is 0.497 e. The molecule has 124 valence electrons. The van der Waals surface area contributed by atoms with E-state index >= 15 is 0 Å². The average Bonchev–Trinajstić information content (AvgIpc) is 3.10. The van der Waals surface area contributed by atoms with Crippen molar-refractivity contribution in [2.75, 3.05) is 20.3 Å². The molecule has 1 aromatic heterocycles. The van der Waals surface area contributed by atoms with Gasteiger partial charge in [-0.3, -0.25) is 0 Å². The van der Waals surface area contributed by atoms with Crippen LogP contribution < -0.4 is 4.74 Å². The molecule has 1 aromatic carbocycles. The lowest BCUT2D eigenvalue weighted by atomic mass is 10.1. The first-order valence-electron chi connectivity index (χ1n) is 7.33. The third-order valence-electron chi connectivity index (χ3n) is 3.92. The van der Waals surface area contributed by atoms with Gasteiger partial charge in [0.1, 0.15) is 9.96 Å².